The van der Waals surface area contributed by atoms with Crippen molar-refractivity contribution in [1.29, 1.82) is 0 Å². The zero-order chi connectivity index (χ0) is 24.5. The van der Waals surface area contributed by atoms with Gasteiger partial charge in [-0.2, -0.15) is 0 Å². The van der Waals surface area contributed by atoms with Gasteiger partial charge < -0.3 is 20.1 Å². The van der Waals surface area contributed by atoms with Crippen molar-refractivity contribution in [3.63, 3.8) is 0 Å². The number of carboxylic acids is 1. The molecule has 7 heteroatoms. The normalized spacial score (nSPS) is 17.0. The fourth-order valence-electron chi connectivity index (χ4n) is 4.91. The van der Waals surface area contributed by atoms with Gasteiger partial charge in [0.1, 0.15) is 6.61 Å². The van der Waals surface area contributed by atoms with Crippen molar-refractivity contribution in [2.75, 3.05) is 19.7 Å². The predicted molar refractivity (Wildman–Crippen MR) is 128 cm³/mol. The van der Waals surface area contributed by atoms with E-state index >= 15 is 0 Å². The zero-order valence-electron chi connectivity index (χ0n) is 20.0. The van der Waals surface area contributed by atoms with E-state index in [1.165, 1.54) is 11.1 Å². The number of carbonyl (C=O) groups excluding carboxylic acids is 2. The molecule has 0 spiro atoms. The Morgan fingerprint density at radius 1 is 1.03 bits per heavy atom. The molecule has 2 aromatic carbocycles. The molecule has 1 heterocycles. The second kappa shape index (κ2) is 9.12. The SMILES string of the molecule is CC(C)(CC(=O)N1CCC(C)(C(=O)O)CC1)NC(=O)OCC1c2ccccc2-c2ccccc21. The maximum atomic E-state index is 12.8. The molecule has 2 amide bonds. The van der Waals surface area contributed by atoms with Crippen LogP contribution in [0.5, 0.6) is 0 Å². The highest BCUT2D eigenvalue weighted by Gasteiger charge is 2.39. The fourth-order valence-corrected chi connectivity index (χ4v) is 4.91. The van der Waals surface area contributed by atoms with Crippen LogP contribution >= 0.6 is 0 Å². The third-order valence-corrected chi connectivity index (χ3v) is 7.11. The first-order valence-corrected chi connectivity index (χ1v) is 11.7. The quantitative estimate of drug-likeness (QED) is 0.660. The van der Waals surface area contributed by atoms with E-state index in [4.69, 9.17) is 4.74 Å². The first kappa shape index (κ1) is 23.8. The van der Waals surface area contributed by atoms with Gasteiger partial charge in [-0.3, -0.25) is 9.59 Å². The second-order valence-electron chi connectivity index (χ2n) is 10.3. The van der Waals surface area contributed by atoms with Crippen molar-refractivity contribution < 1.29 is 24.2 Å². The molecule has 0 aromatic heterocycles. The minimum atomic E-state index is -0.822. The molecule has 1 aliphatic carbocycles. The highest BCUT2D eigenvalue weighted by atomic mass is 16.5. The molecule has 2 aromatic rings. The number of piperidine rings is 1. The van der Waals surface area contributed by atoms with Crippen molar-refractivity contribution in [1.82, 2.24) is 10.2 Å². The van der Waals surface area contributed by atoms with Gasteiger partial charge in [-0.05, 0) is 55.9 Å². The Labute approximate surface area is 200 Å². The van der Waals surface area contributed by atoms with E-state index in [0.717, 1.165) is 11.1 Å². The van der Waals surface area contributed by atoms with Crippen LogP contribution in [0.2, 0.25) is 0 Å². The minimum Gasteiger partial charge on any atom is -0.481 e. The van der Waals surface area contributed by atoms with E-state index in [1.54, 1.807) is 25.7 Å². The van der Waals surface area contributed by atoms with Crippen LogP contribution in [0.25, 0.3) is 11.1 Å². The fraction of sp³-hybridized carbons (Fsp3) is 0.444. The average Bonchev–Trinajstić information content (AvgIpc) is 3.11. The van der Waals surface area contributed by atoms with Crippen LogP contribution in [0.15, 0.2) is 48.5 Å². The summed E-state index contributed by atoms with van der Waals surface area (Å²) in [7, 11) is 0. The van der Waals surface area contributed by atoms with E-state index in [1.807, 2.05) is 24.3 Å². The number of nitrogens with zero attached hydrogens (tertiary/aromatic N) is 1. The maximum absolute atomic E-state index is 12.8. The topological polar surface area (TPSA) is 95.9 Å². The Morgan fingerprint density at radius 3 is 2.09 bits per heavy atom. The molecule has 0 unspecified atom stereocenters. The molecule has 0 saturated carbocycles. The molecule has 0 atom stereocenters. The Morgan fingerprint density at radius 2 is 1.56 bits per heavy atom. The number of carbonyl (C=O) groups is 3. The molecule has 1 aliphatic heterocycles. The third kappa shape index (κ3) is 4.79. The van der Waals surface area contributed by atoms with Gasteiger partial charge in [0.15, 0.2) is 0 Å². The van der Waals surface area contributed by atoms with Gasteiger partial charge >= 0.3 is 12.1 Å². The lowest BCUT2D eigenvalue weighted by Gasteiger charge is -2.38. The Bertz CT molecular complexity index is 1060. The number of fused-ring (bicyclic) bond motifs is 3. The molecule has 2 N–H and O–H groups in total. The summed E-state index contributed by atoms with van der Waals surface area (Å²) in [4.78, 5) is 38.6. The van der Waals surface area contributed by atoms with Crippen LogP contribution in [-0.4, -0.2) is 53.2 Å². The van der Waals surface area contributed by atoms with Gasteiger partial charge in [0.05, 0.1) is 5.41 Å². The number of alkyl carbamates (subject to hydrolysis) is 1. The monoisotopic (exact) mass is 464 g/mol. The summed E-state index contributed by atoms with van der Waals surface area (Å²) in [6.07, 6.45) is 0.403. The average molecular weight is 465 g/mol. The number of hydrogen-bond acceptors (Lipinski definition) is 4. The van der Waals surface area contributed by atoms with Crippen LogP contribution in [-0.2, 0) is 14.3 Å². The molecule has 7 nitrogen and oxygen atoms in total. The van der Waals surface area contributed by atoms with Crippen LogP contribution in [0, 0.1) is 5.41 Å². The van der Waals surface area contributed by atoms with Crippen LogP contribution in [0.1, 0.15) is 57.1 Å². The number of carboxylic acid groups (broad SMARTS) is 1. The molecule has 0 bridgehead atoms. The predicted octanol–water partition coefficient (Wildman–Crippen LogP) is 4.41. The zero-order valence-corrected chi connectivity index (χ0v) is 20.0. The summed E-state index contributed by atoms with van der Waals surface area (Å²) in [6.45, 7) is 6.32. The molecule has 180 valence electrons. The summed E-state index contributed by atoms with van der Waals surface area (Å²) in [5.41, 5.74) is 3.03. The lowest BCUT2D eigenvalue weighted by molar-refractivity contribution is -0.153. The number of ether oxygens (including phenoxy) is 1. The first-order chi connectivity index (χ1) is 16.1. The summed E-state index contributed by atoms with van der Waals surface area (Å²) in [5, 5.41) is 12.2. The molecule has 1 saturated heterocycles. The molecule has 0 radical (unpaired) electrons. The molecule has 1 fully saturated rings. The number of aliphatic carboxylic acids is 1. The molecular formula is C27H32N2O5. The largest absolute Gasteiger partial charge is 0.481 e. The van der Waals surface area contributed by atoms with Gasteiger partial charge in [-0.15, -0.1) is 0 Å². The van der Waals surface area contributed by atoms with E-state index in [2.05, 4.69) is 29.6 Å². The summed E-state index contributed by atoms with van der Waals surface area (Å²) < 4.78 is 5.62. The van der Waals surface area contributed by atoms with Gasteiger partial charge in [0.25, 0.3) is 0 Å². The van der Waals surface area contributed by atoms with Gasteiger partial charge in [-0.25, -0.2) is 4.79 Å². The number of hydrogen-bond donors (Lipinski definition) is 2. The number of amides is 2. The second-order valence-corrected chi connectivity index (χ2v) is 10.3. The standard InChI is InChI=1S/C27H32N2O5/c1-26(2,16-23(30)29-14-12-27(3,13-15-29)24(31)32)28-25(33)34-17-22-20-10-6-4-8-18(20)19-9-5-7-11-21(19)22/h4-11,22H,12-17H2,1-3H3,(H,28,33)(H,31,32). The van der Waals surface area contributed by atoms with E-state index in [-0.39, 0.29) is 24.9 Å². The molecular weight excluding hydrogens is 432 g/mol. The summed E-state index contributed by atoms with van der Waals surface area (Å²) in [6, 6.07) is 16.3. The van der Waals surface area contributed by atoms with Crippen molar-refractivity contribution >= 4 is 18.0 Å². The highest BCUT2D eigenvalue weighted by Crippen LogP contribution is 2.44. The van der Waals surface area contributed by atoms with Crippen molar-refractivity contribution in [2.24, 2.45) is 5.41 Å². The van der Waals surface area contributed by atoms with Crippen LogP contribution in [0.3, 0.4) is 0 Å². The van der Waals surface area contributed by atoms with Crippen molar-refractivity contribution in [3.8, 4) is 11.1 Å². The van der Waals surface area contributed by atoms with Crippen molar-refractivity contribution in [3.05, 3.63) is 59.7 Å². The smallest absolute Gasteiger partial charge is 0.407 e. The Balaban J connectivity index is 1.32. The number of likely N-dealkylation sites (tertiary alicyclic amines) is 1. The summed E-state index contributed by atoms with van der Waals surface area (Å²) in [5.74, 6) is -0.951. The van der Waals surface area contributed by atoms with Crippen molar-refractivity contribution in [2.45, 2.75) is 51.5 Å². The minimum absolute atomic E-state index is 0.0280. The summed E-state index contributed by atoms with van der Waals surface area (Å²) >= 11 is 0. The molecule has 2 aliphatic rings. The maximum Gasteiger partial charge on any atom is 0.407 e. The van der Waals surface area contributed by atoms with Crippen LogP contribution < -0.4 is 5.32 Å². The number of nitrogens with one attached hydrogen (secondary N) is 1. The number of rotatable bonds is 6. The van der Waals surface area contributed by atoms with Gasteiger partial charge in [0.2, 0.25) is 5.91 Å². The Hall–Kier alpha value is -3.35. The van der Waals surface area contributed by atoms with Gasteiger partial charge in [0, 0.05) is 31.0 Å². The van der Waals surface area contributed by atoms with E-state index < -0.39 is 23.0 Å². The lowest BCUT2D eigenvalue weighted by atomic mass is 9.80. The first-order valence-electron chi connectivity index (χ1n) is 11.7. The highest BCUT2D eigenvalue weighted by molar-refractivity contribution is 5.81. The van der Waals surface area contributed by atoms with E-state index in [9.17, 15) is 19.5 Å². The Kier molecular flexibility index (Phi) is 6.39. The van der Waals surface area contributed by atoms with Crippen LogP contribution in [0.4, 0.5) is 4.79 Å². The third-order valence-electron chi connectivity index (χ3n) is 7.11. The van der Waals surface area contributed by atoms with Gasteiger partial charge in [-0.1, -0.05) is 48.5 Å². The lowest BCUT2D eigenvalue weighted by Crippen LogP contribution is -2.50. The van der Waals surface area contributed by atoms with E-state index in [0.29, 0.717) is 25.9 Å². The molecule has 34 heavy (non-hydrogen) atoms. The molecule has 4 rings (SSSR count). The number of benzene rings is 2.